The molecule has 2 unspecified atom stereocenters. The summed E-state index contributed by atoms with van der Waals surface area (Å²) in [7, 11) is 5.51. The normalized spacial score (nSPS) is 13.4. The molecule has 0 saturated carbocycles. The predicted molar refractivity (Wildman–Crippen MR) is 234 cm³/mol. The molecule has 0 aliphatic carbocycles. The SMILES string of the molecule is CC/C=C/C/C=C/C/C=C/C/C=C/CCCCCC(=O)OC(COCCC(C(=O)O)[N+](C)(C)C)COC(=O)CCCCCCCCCCCCCCCCCC. The third-order valence-corrected chi connectivity index (χ3v) is 9.99. The van der Waals surface area contributed by atoms with Crippen molar-refractivity contribution in [2.45, 2.75) is 199 Å². The van der Waals surface area contributed by atoms with Gasteiger partial charge in [-0.25, -0.2) is 4.79 Å². The number of nitrogens with zero attached hydrogens (tertiary/aromatic N) is 1. The van der Waals surface area contributed by atoms with Crippen molar-refractivity contribution in [1.82, 2.24) is 0 Å². The first kappa shape index (κ1) is 53.3. The third-order valence-electron chi connectivity index (χ3n) is 9.99. The second kappa shape index (κ2) is 39.1. The van der Waals surface area contributed by atoms with E-state index in [0.29, 0.717) is 19.3 Å². The first-order valence-electron chi connectivity index (χ1n) is 22.7. The molecule has 0 heterocycles. The van der Waals surface area contributed by atoms with Crippen LogP contribution in [-0.2, 0) is 28.6 Å². The number of carboxylic acids is 1. The van der Waals surface area contributed by atoms with E-state index in [1.807, 2.05) is 21.1 Å². The highest BCUT2D eigenvalue weighted by molar-refractivity contribution is 5.72. The van der Waals surface area contributed by atoms with Gasteiger partial charge in [0.25, 0.3) is 0 Å². The van der Waals surface area contributed by atoms with Gasteiger partial charge in [-0.2, -0.15) is 0 Å². The maximum atomic E-state index is 12.7. The number of carboxylic acid groups (broad SMARTS) is 1. The van der Waals surface area contributed by atoms with Crippen LogP contribution in [0.25, 0.3) is 0 Å². The highest BCUT2D eigenvalue weighted by atomic mass is 16.6. The summed E-state index contributed by atoms with van der Waals surface area (Å²) >= 11 is 0. The standard InChI is InChI=1S/C48H85NO7/c1-6-8-10-12-14-16-18-20-22-24-26-28-30-32-34-36-38-46(50)55-43-44(42-54-41-40-45(48(52)53)49(3,4)5)56-47(51)39-37-35-33-31-29-27-25-23-21-19-17-15-13-11-9-7-2/h9,11,15,17,21,23,27,29,44-45H,6-8,10,12-14,16,18-20,22,24-26,28,30-43H2,1-5H3/p+1/b11-9+,17-15+,23-21+,29-27+. The second-order valence-electron chi connectivity index (χ2n) is 16.3. The molecule has 0 radical (unpaired) electrons. The number of carbonyl (C=O) groups is 3. The van der Waals surface area contributed by atoms with E-state index in [1.54, 1.807) is 0 Å². The number of carbonyl (C=O) groups excluding carboxylic acids is 2. The lowest BCUT2D eigenvalue weighted by Crippen LogP contribution is -2.50. The minimum absolute atomic E-state index is 0.0490. The van der Waals surface area contributed by atoms with Gasteiger partial charge in [0.1, 0.15) is 6.61 Å². The zero-order chi connectivity index (χ0) is 41.4. The fourth-order valence-electron chi connectivity index (χ4n) is 6.49. The van der Waals surface area contributed by atoms with Gasteiger partial charge >= 0.3 is 17.9 Å². The van der Waals surface area contributed by atoms with Gasteiger partial charge in [-0.1, -0.05) is 165 Å². The van der Waals surface area contributed by atoms with Crippen molar-refractivity contribution in [2.24, 2.45) is 0 Å². The zero-order valence-electron chi connectivity index (χ0n) is 36.8. The predicted octanol–water partition coefficient (Wildman–Crippen LogP) is 12.4. The van der Waals surface area contributed by atoms with E-state index >= 15 is 0 Å². The summed E-state index contributed by atoms with van der Waals surface area (Å²) in [6.45, 7) is 4.60. The molecule has 324 valence electrons. The number of rotatable bonds is 40. The maximum absolute atomic E-state index is 12.7. The Balaban J connectivity index is 4.37. The Morgan fingerprint density at radius 3 is 1.48 bits per heavy atom. The molecular weight excluding hydrogens is 703 g/mol. The van der Waals surface area contributed by atoms with E-state index in [9.17, 15) is 19.5 Å². The number of ether oxygens (including phenoxy) is 3. The Hall–Kier alpha value is -2.71. The lowest BCUT2D eigenvalue weighted by Gasteiger charge is -2.31. The van der Waals surface area contributed by atoms with E-state index < -0.39 is 18.1 Å². The number of allylic oxidation sites excluding steroid dienone is 8. The number of unbranched alkanes of at least 4 members (excludes halogenated alkanes) is 18. The molecule has 56 heavy (non-hydrogen) atoms. The number of aliphatic carboxylic acids is 1. The molecule has 0 rings (SSSR count). The van der Waals surface area contributed by atoms with Crippen molar-refractivity contribution in [1.29, 1.82) is 0 Å². The molecule has 0 aromatic rings. The molecule has 0 spiro atoms. The summed E-state index contributed by atoms with van der Waals surface area (Å²) in [5.41, 5.74) is 0. The maximum Gasteiger partial charge on any atom is 0.362 e. The van der Waals surface area contributed by atoms with E-state index in [0.717, 1.165) is 70.6 Å². The summed E-state index contributed by atoms with van der Waals surface area (Å²) in [6, 6.07) is -0.620. The quantitative estimate of drug-likeness (QED) is 0.0286. The van der Waals surface area contributed by atoms with Crippen molar-refractivity contribution in [3.8, 4) is 0 Å². The fourth-order valence-corrected chi connectivity index (χ4v) is 6.49. The van der Waals surface area contributed by atoms with Crippen LogP contribution in [0.2, 0.25) is 0 Å². The van der Waals surface area contributed by atoms with Gasteiger partial charge in [0.15, 0.2) is 12.1 Å². The van der Waals surface area contributed by atoms with Crippen LogP contribution >= 0.6 is 0 Å². The molecule has 0 saturated heterocycles. The number of likely N-dealkylation sites (N-methyl/N-ethyl adjacent to an activating group) is 1. The van der Waals surface area contributed by atoms with Crippen molar-refractivity contribution in [2.75, 3.05) is 41.0 Å². The number of quaternary nitrogens is 1. The molecule has 0 aliphatic heterocycles. The molecule has 8 nitrogen and oxygen atoms in total. The Morgan fingerprint density at radius 2 is 1.00 bits per heavy atom. The molecular formula is C48H86NO7+. The lowest BCUT2D eigenvalue weighted by atomic mass is 10.0. The van der Waals surface area contributed by atoms with Gasteiger partial charge in [-0.15, -0.1) is 0 Å². The average Bonchev–Trinajstić information content (AvgIpc) is 3.15. The van der Waals surface area contributed by atoms with Crippen molar-refractivity contribution < 1.29 is 38.2 Å². The molecule has 0 aliphatic rings. The molecule has 0 amide bonds. The van der Waals surface area contributed by atoms with Crippen LogP contribution in [0.4, 0.5) is 0 Å². The number of hydrogen-bond donors (Lipinski definition) is 1. The van der Waals surface area contributed by atoms with E-state index in [1.165, 1.54) is 83.5 Å². The summed E-state index contributed by atoms with van der Waals surface area (Å²) in [5.74, 6) is -1.50. The van der Waals surface area contributed by atoms with Gasteiger partial charge in [-0.05, 0) is 51.4 Å². The largest absolute Gasteiger partial charge is 0.477 e. The zero-order valence-corrected chi connectivity index (χ0v) is 36.8. The molecule has 0 fully saturated rings. The number of esters is 2. The molecule has 2 atom stereocenters. The van der Waals surface area contributed by atoms with Crippen molar-refractivity contribution >= 4 is 17.9 Å². The average molecular weight is 789 g/mol. The highest BCUT2D eigenvalue weighted by Gasteiger charge is 2.31. The highest BCUT2D eigenvalue weighted by Crippen LogP contribution is 2.15. The minimum atomic E-state index is -0.880. The Bertz CT molecular complexity index is 1060. The van der Waals surface area contributed by atoms with Crippen molar-refractivity contribution in [3.63, 3.8) is 0 Å². The molecule has 0 bridgehead atoms. The molecule has 1 N–H and O–H groups in total. The summed E-state index contributed by atoms with van der Waals surface area (Å²) in [6.07, 6.45) is 45.8. The third kappa shape index (κ3) is 36.9. The molecule has 8 heteroatoms. The summed E-state index contributed by atoms with van der Waals surface area (Å²) in [4.78, 5) is 37.0. The summed E-state index contributed by atoms with van der Waals surface area (Å²) in [5, 5.41) is 9.62. The van der Waals surface area contributed by atoms with Gasteiger partial charge in [-0.3, -0.25) is 9.59 Å². The molecule has 0 aromatic carbocycles. The van der Waals surface area contributed by atoms with Gasteiger partial charge in [0.2, 0.25) is 0 Å². The first-order chi connectivity index (χ1) is 27.1. The van der Waals surface area contributed by atoms with E-state index in [-0.39, 0.29) is 36.2 Å². The van der Waals surface area contributed by atoms with Gasteiger partial charge in [0, 0.05) is 19.3 Å². The first-order valence-corrected chi connectivity index (χ1v) is 22.7. The van der Waals surface area contributed by atoms with Crippen LogP contribution in [0.15, 0.2) is 48.6 Å². The number of hydrogen-bond acceptors (Lipinski definition) is 6. The minimum Gasteiger partial charge on any atom is -0.477 e. The van der Waals surface area contributed by atoms with E-state index in [2.05, 4.69) is 62.5 Å². The lowest BCUT2D eigenvalue weighted by molar-refractivity contribution is -0.887. The van der Waals surface area contributed by atoms with Crippen LogP contribution in [0.5, 0.6) is 0 Å². The molecule has 0 aromatic heterocycles. The topological polar surface area (TPSA) is 99.1 Å². The van der Waals surface area contributed by atoms with Gasteiger partial charge < -0.3 is 23.8 Å². The Morgan fingerprint density at radius 1 is 0.554 bits per heavy atom. The fraction of sp³-hybridized carbons (Fsp3) is 0.771. The van der Waals surface area contributed by atoms with Crippen LogP contribution in [0, 0.1) is 0 Å². The van der Waals surface area contributed by atoms with Crippen LogP contribution < -0.4 is 0 Å². The Labute approximate surface area is 344 Å². The van der Waals surface area contributed by atoms with Crippen LogP contribution in [0.3, 0.4) is 0 Å². The van der Waals surface area contributed by atoms with Crippen molar-refractivity contribution in [3.05, 3.63) is 48.6 Å². The van der Waals surface area contributed by atoms with Crippen LogP contribution in [0.1, 0.15) is 187 Å². The monoisotopic (exact) mass is 789 g/mol. The Kier molecular flexibility index (Phi) is 37.2. The van der Waals surface area contributed by atoms with E-state index in [4.69, 9.17) is 14.2 Å². The summed E-state index contributed by atoms with van der Waals surface area (Å²) < 4.78 is 17.3. The van der Waals surface area contributed by atoms with Crippen LogP contribution in [-0.4, -0.2) is 80.6 Å². The van der Waals surface area contributed by atoms with Gasteiger partial charge in [0.05, 0.1) is 34.4 Å². The second-order valence-corrected chi connectivity index (χ2v) is 16.3. The smallest absolute Gasteiger partial charge is 0.362 e.